The van der Waals surface area contributed by atoms with E-state index in [1.165, 1.54) is 4.90 Å². The number of imide groups is 1. The number of hydrogen-bond donors (Lipinski definition) is 1. The Morgan fingerprint density at radius 2 is 2.42 bits per heavy atom. The minimum absolute atomic E-state index is 0.0969. The van der Waals surface area contributed by atoms with Gasteiger partial charge in [0.15, 0.2) is 0 Å². The van der Waals surface area contributed by atoms with Crippen LogP contribution in [0.1, 0.15) is 12.8 Å². The van der Waals surface area contributed by atoms with Gasteiger partial charge in [-0.2, -0.15) is 0 Å². The number of carbonyl (C=O) groups is 2. The first-order valence-electron chi connectivity index (χ1n) is 3.87. The van der Waals surface area contributed by atoms with Crippen LogP contribution in [-0.4, -0.2) is 36.6 Å². The maximum Gasteiger partial charge on any atom is 0.323 e. The standard InChI is InChI=1S/C7H11FN2O2/c8-6-2-1-3-10(4-6)7(12)9-5-11/h5-6H,1-4H2,(H,9,11,12). The van der Waals surface area contributed by atoms with Gasteiger partial charge >= 0.3 is 6.03 Å². The van der Waals surface area contributed by atoms with Crippen molar-refractivity contribution in [2.45, 2.75) is 19.0 Å². The van der Waals surface area contributed by atoms with Crippen LogP contribution in [0.3, 0.4) is 0 Å². The number of nitrogens with zero attached hydrogens (tertiary/aromatic N) is 1. The number of alkyl halides is 1. The van der Waals surface area contributed by atoms with Crippen molar-refractivity contribution in [3.05, 3.63) is 0 Å². The lowest BCUT2D eigenvalue weighted by Crippen LogP contribution is -2.45. The molecule has 1 rings (SSSR count). The van der Waals surface area contributed by atoms with Gasteiger partial charge in [0.2, 0.25) is 6.41 Å². The van der Waals surface area contributed by atoms with Gasteiger partial charge in [0.05, 0.1) is 6.54 Å². The summed E-state index contributed by atoms with van der Waals surface area (Å²) in [4.78, 5) is 22.2. The Kier molecular flexibility index (Phi) is 3.01. The topological polar surface area (TPSA) is 49.4 Å². The van der Waals surface area contributed by atoms with Crippen molar-refractivity contribution in [1.82, 2.24) is 10.2 Å². The van der Waals surface area contributed by atoms with Crippen LogP contribution in [0.2, 0.25) is 0 Å². The molecule has 0 spiro atoms. The molecule has 1 fully saturated rings. The molecular formula is C7H11FN2O2. The number of nitrogens with one attached hydrogen (secondary N) is 1. The quantitative estimate of drug-likeness (QED) is 0.581. The molecule has 1 atom stereocenters. The Morgan fingerprint density at radius 3 is 3.00 bits per heavy atom. The van der Waals surface area contributed by atoms with E-state index in [1.54, 1.807) is 0 Å². The second kappa shape index (κ2) is 4.04. The molecular weight excluding hydrogens is 163 g/mol. The lowest BCUT2D eigenvalue weighted by atomic mass is 10.1. The number of piperidine rings is 1. The fourth-order valence-electron chi connectivity index (χ4n) is 1.25. The molecule has 0 aromatic rings. The summed E-state index contributed by atoms with van der Waals surface area (Å²) in [7, 11) is 0. The van der Waals surface area contributed by atoms with Gasteiger partial charge in [-0.1, -0.05) is 0 Å². The van der Waals surface area contributed by atoms with E-state index < -0.39 is 12.2 Å². The van der Waals surface area contributed by atoms with Crippen LogP contribution in [0.15, 0.2) is 0 Å². The number of rotatable bonds is 1. The van der Waals surface area contributed by atoms with Gasteiger partial charge in [0.1, 0.15) is 6.17 Å². The maximum absolute atomic E-state index is 12.7. The molecule has 0 aromatic carbocycles. The molecule has 1 unspecified atom stereocenters. The minimum Gasteiger partial charge on any atom is -0.322 e. The highest BCUT2D eigenvalue weighted by Gasteiger charge is 2.22. The smallest absolute Gasteiger partial charge is 0.322 e. The first kappa shape index (κ1) is 8.96. The van der Waals surface area contributed by atoms with Crippen molar-refractivity contribution in [3.63, 3.8) is 0 Å². The summed E-state index contributed by atoms with van der Waals surface area (Å²) in [5.41, 5.74) is 0. The van der Waals surface area contributed by atoms with Crippen LogP contribution >= 0.6 is 0 Å². The Balaban J connectivity index is 2.39. The number of carbonyl (C=O) groups excluding carboxylic acids is 2. The van der Waals surface area contributed by atoms with Gasteiger partial charge in [-0.25, -0.2) is 9.18 Å². The third kappa shape index (κ3) is 2.18. The predicted molar refractivity (Wildman–Crippen MR) is 40.3 cm³/mol. The van der Waals surface area contributed by atoms with Crippen molar-refractivity contribution in [1.29, 1.82) is 0 Å². The van der Waals surface area contributed by atoms with Crippen LogP contribution in [-0.2, 0) is 4.79 Å². The third-order valence-corrected chi connectivity index (χ3v) is 1.83. The van der Waals surface area contributed by atoms with Crippen LogP contribution in [0.25, 0.3) is 0 Å². The minimum atomic E-state index is -0.948. The molecule has 12 heavy (non-hydrogen) atoms. The fourth-order valence-corrected chi connectivity index (χ4v) is 1.25. The molecule has 0 radical (unpaired) electrons. The zero-order valence-corrected chi connectivity index (χ0v) is 6.62. The van der Waals surface area contributed by atoms with Crippen molar-refractivity contribution in [2.75, 3.05) is 13.1 Å². The maximum atomic E-state index is 12.7. The Morgan fingerprint density at radius 1 is 1.67 bits per heavy atom. The van der Waals surface area contributed by atoms with E-state index >= 15 is 0 Å². The van der Waals surface area contributed by atoms with Crippen LogP contribution in [0, 0.1) is 0 Å². The number of urea groups is 1. The average molecular weight is 174 g/mol. The Hall–Kier alpha value is -1.13. The summed E-state index contributed by atoms with van der Waals surface area (Å²) in [5.74, 6) is 0. The van der Waals surface area contributed by atoms with Gasteiger partial charge < -0.3 is 4.90 Å². The second-order valence-corrected chi connectivity index (χ2v) is 2.75. The molecule has 0 bridgehead atoms. The molecule has 68 valence electrons. The summed E-state index contributed by atoms with van der Waals surface area (Å²) in [6.07, 6.45) is 0.527. The van der Waals surface area contributed by atoms with E-state index in [9.17, 15) is 14.0 Å². The van der Waals surface area contributed by atoms with E-state index in [1.807, 2.05) is 5.32 Å². The van der Waals surface area contributed by atoms with Gasteiger partial charge in [0.25, 0.3) is 0 Å². The number of hydrogen-bond acceptors (Lipinski definition) is 2. The fraction of sp³-hybridized carbons (Fsp3) is 0.714. The van der Waals surface area contributed by atoms with Crippen LogP contribution < -0.4 is 5.32 Å². The summed E-state index contributed by atoms with van der Waals surface area (Å²) >= 11 is 0. The summed E-state index contributed by atoms with van der Waals surface area (Å²) in [6.45, 7) is 0.625. The Bertz CT molecular complexity index is 186. The predicted octanol–water partition coefficient (Wildman–Crippen LogP) is 0.286. The summed E-state index contributed by atoms with van der Waals surface area (Å²) < 4.78 is 12.7. The van der Waals surface area contributed by atoms with E-state index in [0.717, 1.165) is 0 Å². The zero-order valence-electron chi connectivity index (χ0n) is 6.62. The van der Waals surface area contributed by atoms with Gasteiger partial charge in [-0.15, -0.1) is 0 Å². The first-order valence-corrected chi connectivity index (χ1v) is 3.87. The normalized spacial score (nSPS) is 23.4. The molecule has 0 saturated carbocycles. The van der Waals surface area contributed by atoms with Crippen molar-refractivity contribution in [3.8, 4) is 0 Å². The number of halogens is 1. The molecule has 0 aliphatic carbocycles. The summed E-state index contributed by atoms with van der Waals surface area (Å²) in [6, 6.07) is -0.507. The number of amides is 3. The highest BCUT2D eigenvalue weighted by molar-refractivity contribution is 5.84. The van der Waals surface area contributed by atoms with E-state index in [2.05, 4.69) is 0 Å². The highest BCUT2D eigenvalue weighted by atomic mass is 19.1. The van der Waals surface area contributed by atoms with E-state index in [4.69, 9.17) is 0 Å². The molecule has 5 heteroatoms. The molecule has 1 saturated heterocycles. The molecule has 1 aliphatic rings. The number of likely N-dealkylation sites (tertiary alicyclic amines) is 1. The molecule has 3 amide bonds. The molecule has 4 nitrogen and oxygen atoms in total. The van der Waals surface area contributed by atoms with E-state index in [0.29, 0.717) is 25.8 Å². The largest absolute Gasteiger partial charge is 0.323 e. The highest BCUT2D eigenvalue weighted by Crippen LogP contribution is 2.12. The lowest BCUT2D eigenvalue weighted by Gasteiger charge is -2.28. The summed E-state index contributed by atoms with van der Waals surface area (Å²) in [5, 5.41) is 1.98. The third-order valence-electron chi connectivity index (χ3n) is 1.83. The van der Waals surface area contributed by atoms with Gasteiger partial charge in [-0.05, 0) is 12.8 Å². The van der Waals surface area contributed by atoms with Crippen LogP contribution in [0.4, 0.5) is 9.18 Å². The second-order valence-electron chi connectivity index (χ2n) is 2.75. The van der Waals surface area contributed by atoms with Crippen molar-refractivity contribution in [2.24, 2.45) is 0 Å². The molecule has 1 heterocycles. The zero-order chi connectivity index (χ0) is 8.97. The monoisotopic (exact) mass is 174 g/mol. The Labute approximate surface area is 69.7 Å². The molecule has 1 N–H and O–H groups in total. The van der Waals surface area contributed by atoms with Gasteiger partial charge in [-0.3, -0.25) is 10.1 Å². The molecule has 1 aliphatic heterocycles. The first-order chi connectivity index (χ1) is 5.74. The van der Waals surface area contributed by atoms with Crippen molar-refractivity contribution >= 4 is 12.4 Å². The lowest BCUT2D eigenvalue weighted by molar-refractivity contribution is -0.108. The molecule has 0 aromatic heterocycles. The average Bonchev–Trinajstić information content (AvgIpc) is 2.05. The SMILES string of the molecule is O=CNC(=O)N1CCCC(F)C1. The van der Waals surface area contributed by atoms with Gasteiger partial charge in [0, 0.05) is 6.54 Å². The van der Waals surface area contributed by atoms with E-state index in [-0.39, 0.29) is 6.54 Å². The van der Waals surface area contributed by atoms with Crippen molar-refractivity contribution < 1.29 is 14.0 Å². The van der Waals surface area contributed by atoms with Crippen LogP contribution in [0.5, 0.6) is 0 Å².